The molecular formula is C13H15N3O2S. The van der Waals surface area contributed by atoms with E-state index < -0.39 is 5.97 Å². The third-order valence-electron chi connectivity index (χ3n) is 2.91. The number of carboxylic acids is 1. The number of aromatic carboxylic acids is 1. The van der Waals surface area contributed by atoms with Crippen LogP contribution in [0.5, 0.6) is 0 Å². The minimum Gasteiger partial charge on any atom is -0.478 e. The molecule has 0 fully saturated rings. The van der Waals surface area contributed by atoms with Crippen LogP contribution in [0.2, 0.25) is 0 Å². The summed E-state index contributed by atoms with van der Waals surface area (Å²) in [6.45, 7) is 1.95. The summed E-state index contributed by atoms with van der Waals surface area (Å²) in [7, 11) is 1.75. The van der Waals surface area contributed by atoms with Gasteiger partial charge in [-0.25, -0.2) is 4.79 Å². The average Bonchev–Trinajstić information content (AvgIpc) is 2.72. The number of aryl methyl sites for hydroxylation is 2. The van der Waals surface area contributed by atoms with Crippen molar-refractivity contribution in [1.29, 1.82) is 0 Å². The van der Waals surface area contributed by atoms with Gasteiger partial charge in [0.1, 0.15) is 5.56 Å². The molecule has 0 saturated carbocycles. The minimum atomic E-state index is -0.947. The zero-order valence-corrected chi connectivity index (χ0v) is 11.6. The van der Waals surface area contributed by atoms with E-state index in [0.29, 0.717) is 11.4 Å². The molecule has 1 aromatic carbocycles. The molecule has 0 bridgehead atoms. The van der Waals surface area contributed by atoms with Crippen molar-refractivity contribution in [1.82, 2.24) is 9.78 Å². The molecule has 0 aliphatic rings. The van der Waals surface area contributed by atoms with Crippen molar-refractivity contribution in [2.45, 2.75) is 17.6 Å². The van der Waals surface area contributed by atoms with E-state index >= 15 is 0 Å². The molecule has 0 aliphatic heterocycles. The molecule has 0 radical (unpaired) electrons. The number of thioether (sulfide) groups is 1. The molecule has 0 spiro atoms. The van der Waals surface area contributed by atoms with Crippen molar-refractivity contribution >= 4 is 23.4 Å². The number of hydrogen-bond acceptors (Lipinski definition) is 4. The van der Waals surface area contributed by atoms with Gasteiger partial charge in [0.15, 0.2) is 0 Å². The summed E-state index contributed by atoms with van der Waals surface area (Å²) < 4.78 is 1.60. The Bertz CT molecular complexity index is 622. The number of hydrogen-bond donors (Lipinski definition) is 2. The quantitative estimate of drug-likeness (QED) is 0.662. The lowest BCUT2D eigenvalue weighted by atomic mass is 10.2. The first-order valence-corrected chi connectivity index (χ1v) is 6.70. The second kappa shape index (κ2) is 5.36. The molecule has 0 saturated heterocycles. The van der Waals surface area contributed by atoms with Crippen molar-refractivity contribution in [3.05, 3.63) is 41.2 Å². The number of aromatic nitrogens is 2. The predicted octanol–water partition coefficient (Wildman–Crippen LogP) is 2.30. The first-order chi connectivity index (χ1) is 8.99. The molecular weight excluding hydrogens is 262 g/mol. The van der Waals surface area contributed by atoms with Crippen molar-refractivity contribution in [3.63, 3.8) is 0 Å². The highest BCUT2D eigenvalue weighted by Gasteiger charge is 2.15. The summed E-state index contributed by atoms with van der Waals surface area (Å²) >= 11 is 1.57. The Morgan fingerprint density at radius 3 is 2.89 bits per heavy atom. The maximum Gasteiger partial charge on any atom is 0.339 e. The fourth-order valence-electron chi connectivity index (χ4n) is 1.70. The Labute approximate surface area is 115 Å². The van der Waals surface area contributed by atoms with Gasteiger partial charge in [0.05, 0.1) is 11.9 Å². The van der Waals surface area contributed by atoms with E-state index in [9.17, 15) is 4.79 Å². The van der Waals surface area contributed by atoms with Crippen LogP contribution in [-0.2, 0) is 12.8 Å². The number of carboxylic acid groups (broad SMARTS) is 1. The molecule has 2 rings (SSSR count). The molecule has 100 valence electrons. The molecule has 1 heterocycles. The molecule has 0 atom stereocenters. The first kappa shape index (κ1) is 13.5. The summed E-state index contributed by atoms with van der Waals surface area (Å²) in [6.07, 6.45) is 1.38. The van der Waals surface area contributed by atoms with Crippen LogP contribution in [0.1, 0.15) is 21.6 Å². The average molecular weight is 277 g/mol. The van der Waals surface area contributed by atoms with Gasteiger partial charge in [-0.3, -0.25) is 4.68 Å². The fraction of sp³-hybridized carbons (Fsp3) is 0.231. The lowest BCUT2D eigenvalue weighted by Crippen LogP contribution is -2.03. The molecule has 5 nitrogen and oxygen atoms in total. The second-order valence-corrected chi connectivity index (χ2v) is 5.29. The normalized spacial score (nSPS) is 10.6. The van der Waals surface area contributed by atoms with Crippen molar-refractivity contribution in [2.24, 2.45) is 7.05 Å². The van der Waals surface area contributed by atoms with Crippen molar-refractivity contribution < 1.29 is 9.90 Å². The van der Waals surface area contributed by atoms with Gasteiger partial charge < -0.3 is 10.8 Å². The summed E-state index contributed by atoms with van der Waals surface area (Å²) in [5, 5.41) is 13.1. The van der Waals surface area contributed by atoms with Crippen LogP contribution in [-0.4, -0.2) is 20.9 Å². The van der Waals surface area contributed by atoms with Crippen molar-refractivity contribution in [2.75, 3.05) is 5.73 Å². The topological polar surface area (TPSA) is 81.1 Å². The van der Waals surface area contributed by atoms with Crippen molar-refractivity contribution in [3.8, 4) is 0 Å². The third-order valence-corrected chi connectivity index (χ3v) is 3.91. The monoisotopic (exact) mass is 277 g/mol. The molecule has 19 heavy (non-hydrogen) atoms. The zero-order valence-electron chi connectivity index (χ0n) is 10.8. The Balaban J connectivity index is 2.16. The highest BCUT2D eigenvalue weighted by molar-refractivity contribution is 7.98. The number of rotatable bonds is 4. The van der Waals surface area contributed by atoms with Gasteiger partial charge in [-0.1, -0.05) is 0 Å². The third kappa shape index (κ3) is 2.90. The van der Waals surface area contributed by atoms with Crippen LogP contribution in [0.15, 0.2) is 29.3 Å². The molecule has 0 unspecified atom stereocenters. The summed E-state index contributed by atoms with van der Waals surface area (Å²) in [4.78, 5) is 12.1. The van der Waals surface area contributed by atoms with Crippen LogP contribution in [0.25, 0.3) is 0 Å². The highest BCUT2D eigenvalue weighted by atomic mass is 32.2. The standard InChI is InChI=1S/C13H15N3O2S/c1-8-5-9(3-4-11(8)14)19-7-12-10(13(17)18)6-15-16(12)2/h3-6H,7,14H2,1-2H3,(H,17,18). The smallest absolute Gasteiger partial charge is 0.339 e. The Morgan fingerprint density at radius 2 is 2.26 bits per heavy atom. The summed E-state index contributed by atoms with van der Waals surface area (Å²) in [6, 6.07) is 5.79. The molecule has 0 aliphatic carbocycles. The molecule has 2 aromatic rings. The van der Waals surface area contributed by atoms with Crippen LogP contribution in [0.3, 0.4) is 0 Å². The van der Waals surface area contributed by atoms with Gasteiger partial charge in [0, 0.05) is 23.4 Å². The number of benzene rings is 1. The van der Waals surface area contributed by atoms with E-state index in [1.54, 1.807) is 23.5 Å². The Hall–Kier alpha value is -1.95. The highest BCUT2D eigenvalue weighted by Crippen LogP contribution is 2.26. The number of nitrogens with two attached hydrogens (primary N) is 1. The lowest BCUT2D eigenvalue weighted by molar-refractivity contribution is 0.0696. The van der Waals surface area contributed by atoms with E-state index in [4.69, 9.17) is 10.8 Å². The van der Waals surface area contributed by atoms with E-state index in [1.807, 2.05) is 25.1 Å². The van der Waals surface area contributed by atoms with E-state index in [2.05, 4.69) is 5.10 Å². The van der Waals surface area contributed by atoms with Gasteiger partial charge in [-0.05, 0) is 30.7 Å². The predicted molar refractivity (Wildman–Crippen MR) is 75.3 cm³/mol. The maximum absolute atomic E-state index is 11.1. The summed E-state index contributed by atoms with van der Waals surface area (Å²) in [5.41, 5.74) is 8.50. The van der Waals surface area contributed by atoms with E-state index in [-0.39, 0.29) is 5.56 Å². The minimum absolute atomic E-state index is 0.252. The Kier molecular flexibility index (Phi) is 3.80. The van der Waals surface area contributed by atoms with Crippen LogP contribution < -0.4 is 5.73 Å². The molecule has 3 N–H and O–H groups in total. The lowest BCUT2D eigenvalue weighted by Gasteiger charge is -2.06. The van der Waals surface area contributed by atoms with Crippen LogP contribution >= 0.6 is 11.8 Å². The Morgan fingerprint density at radius 1 is 1.53 bits per heavy atom. The van der Waals surface area contributed by atoms with Gasteiger partial charge in [0.2, 0.25) is 0 Å². The number of nitrogens with zero attached hydrogens (tertiary/aromatic N) is 2. The zero-order chi connectivity index (χ0) is 14.0. The SMILES string of the molecule is Cc1cc(SCc2c(C(=O)O)cnn2C)ccc1N. The second-order valence-electron chi connectivity index (χ2n) is 4.24. The molecule has 1 aromatic heterocycles. The fourth-order valence-corrected chi connectivity index (χ4v) is 2.77. The molecule has 0 amide bonds. The van der Waals surface area contributed by atoms with Gasteiger partial charge in [-0.15, -0.1) is 11.8 Å². The van der Waals surface area contributed by atoms with Gasteiger partial charge in [0.25, 0.3) is 0 Å². The first-order valence-electron chi connectivity index (χ1n) is 5.72. The van der Waals surface area contributed by atoms with Crippen LogP contribution in [0, 0.1) is 6.92 Å². The van der Waals surface area contributed by atoms with E-state index in [1.165, 1.54) is 6.20 Å². The maximum atomic E-state index is 11.1. The van der Waals surface area contributed by atoms with Gasteiger partial charge in [-0.2, -0.15) is 5.10 Å². The number of nitrogen functional groups attached to an aromatic ring is 1. The number of anilines is 1. The van der Waals surface area contributed by atoms with E-state index in [0.717, 1.165) is 16.1 Å². The summed E-state index contributed by atoms with van der Waals surface area (Å²) in [5.74, 6) is -0.390. The number of carbonyl (C=O) groups is 1. The van der Waals surface area contributed by atoms with Crippen LogP contribution in [0.4, 0.5) is 5.69 Å². The largest absolute Gasteiger partial charge is 0.478 e. The van der Waals surface area contributed by atoms with Gasteiger partial charge >= 0.3 is 5.97 Å². The molecule has 6 heteroatoms.